The van der Waals surface area contributed by atoms with Crippen LogP contribution in [0, 0.1) is 0 Å². The van der Waals surface area contributed by atoms with Crippen molar-refractivity contribution in [3.8, 4) is 0 Å². The van der Waals surface area contributed by atoms with Crippen molar-refractivity contribution in [3.05, 3.63) is 34.3 Å². The van der Waals surface area contributed by atoms with Crippen molar-refractivity contribution in [1.29, 1.82) is 0 Å². The van der Waals surface area contributed by atoms with Crippen LogP contribution in [0.1, 0.15) is 18.1 Å². The molecule has 0 saturated carbocycles. The molecule has 0 spiro atoms. The molecule has 1 aliphatic rings. The second-order valence-electron chi connectivity index (χ2n) is 3.67. The lowest BCUT2D eigenvalue weighted by Gasteiger charge is -2.14. The van der Waals surface area contributed by atoms with Crippen LogP contribution in [0.4, 0.5) is 0 Å². The molecule has 6 heteroatoms. The molecule has 1 aromatic rings. The van der Waals surface area contributed by atoms with Crippen molar-refractivity contribution in [2.75, 3.05) is 7.11 Å². The molecule has 5 nitrogen and oxygen atoms in total. The first-order chi connectivity index (χ1) is 8.07. The number of ether oxygens (including phenoxy) is 1. The maximum absolute atomic E-state index is 11.3. The number of hydrogen-bond donors (Lipinski definition) is 1. The van der Waals surface area contributed by atoms with Gasteiger partial charge in [-0.3, -0.25) is 0 Å². The largest absolute Gasteiger partial charge is 0.465 e. The molecule has 0 aromatic heterocycles. The highest BCUT2D eigenvalue weighted by atomic mass is 79.9. The van der Waals surface area contributed by atoms with Gasteiger partial charge < -0.3 is 9.84 Å². The molecule has 92 valence electrons. The Labute approximate surface area is 106 Å². The number of carbonyl (C=O) groups is 1. The lowest BCUT2D eigenvalue weighted by molar-refractivity contribution is -0.369. The van der Waals surface area contributed by atoms with Gasteiger partial charge in [-0.15, -0.1) is 0 Å². The zero-order valence-corrected chi connectivity index (χ0v) is 10.6. The molecule has 0 bridgehead atoms. The molecule has 17 heavy (non-hydrogen) atoms. The number of halogens is 1. The topological polar surface area (TPSA) is 65.0 Å². The predicted octanol–water partition coefficient (Wildman–Crippen LogP) is 1.70. The van der Waals surface area contributed by atoms with E-state index in [1.165, 1.54) is 7.11 Å². The van der Waals surface area contributed by atoms with Crippen LogP contribution >= 0.6 is 15.9 Å². The Morgan fingerprint density at radius 1 is 1.59 bits per heavy atom. The number of esters is 1. The highest BCUT2D eigenvalue weighted by molar-refractivity contribution is 9.10. The molecule has 1 aliphatic heterocycles. The molecule has 1 saturated heterocycles. The molecule has 1 N–H and O–H groups in total. The Bertz CT molecular complexity index is 436. The Balaban J connectivity index is 2.18. The van der Waals surface area contributed by atoms with Crippen LogP contribution in [0.5, 0.6) is 0 Å². The van der Waals surface area contributed by atoms with E-state index in [1.54, 1.807) is 0 Å². The average molecular weight is 303 g/mol. The number of aliphatic hydroxyl groups is 1. The van der Waals surface area contributed by atoms with E-state index < -0.39 is 17.9 Å². The van der Waals surface area contributed by atoms with Gasteiger partial charge in [0.15, 0.2) is 0 Å². The summed E-state index contributed by atoms with van der Waals surface area (Å²) in [6.07, 6.45) is -0.530. The summed E-state index contributed by atoms with van der Waals surface area (Å²) in [6.45, 7) is 0. The summed E-state index contributed by atoms with van der Waals surface area (Å²) in [4.78, 5) is 21.0. The van der Waals surface area contributed by atoms with Gasteiger partial charge >= 0.3 is 11.8 Å². The maximum Gasteiger partial charge on any atom is 0.369 e. The molecule has 1 fully saturated rings. The number of benzene rings is 1. The van der Waals surface area contributed by atoms with Gasteiger partial charge in [0.1, 0.15) is 6.10 Å². The normalized spacial score (nSPS) is 28.1. The Hall–Kier alpha value is -0.950. The average Bonchev–Trinajstić information content (AvgIpc) is 2.72. The third-order valence-electron chi connectivity index (χ3n) is 2.52. The quantitative estimate of drug-likeness (QED) is 0.665. The zero-order valence-electron chi connectivity index (χ0n) is 9.05. The molecule has 0 radical (unpaired) electrons. The van der Waals surface area contributed by atoms with Gasteiger partial charge in [0.05, 0.1) is 7.11 Å². The summed E-state index contributed by atoms with van der Waals surface area (Å²) >= 11 is 3.36. The van der Waals surface area contributed by atoms with E-state index in [0.29, 0.717) is 0 Å². The van der Waals surface area contributed by atoms with E-state index in [-0.39, 0.29) is 6.42 Å². The molecule has 2 rings (SSSR count). The monoisotopic (exact) mass is 302 g/mol. The number of methoxy groups -OCH3 is 1. The van der Waals surface area contributed by atoms with E-state index in [1.807, 2.05) is 24.3 Å². The fraction of sp³-hybridized carbons (Fsp3) is 0.364. The van der Waals surface area contributed by atoms with Gasteiger partial charge in [-0.2, -0.15) is 4.89 Å². The van der Waals surface area contributed by atoms with Crippen LogP contribution in [-0.4, -0.2) is 24.0 Å². The Morgan fingerprint density at radius 2 is 2.29 bits per heavy atom. The van der Waals surface area contributed by atoms with Crippen molar-refractivity contribution < 1.29 is 24.4 Å². The molecular weight excluding hydrogens is 292 g/mol. The van der Waals surface area contributed by atoms with E-state index in [9.17, 15) is 9.90 Å². The lowest BCUT2D eigenvalue weighted by Crippen LogP contribution is -2.38. The molecular formula is C11H11BrO5. The third-order valence-corrected chi connectivity index (χ3v) is 3.24. The second kappa shape index (κ2) is 4.73. The van der Waals surface area contributed by atoms with Crippen LogP contribution in [-0.2, 0) is 19.3 Å². The van der Waals surface area contributed by atoms with Gasteiger partial charge in [-0.1, -0.05) is 34.1 Å². The van der Waals surface area contributed by atoms with Crippen molar-refractivity contribution in [3.63, 3.8) is 0 Å². The van der Waals surface area contributed by atoms with Crippen LogP contribution in [0.3, 0.4) is 0 Å². The standard InChI is InChI=1S/C11H11BrO5/c1-15-10(13)11(14)6-9(16-17-11)7-4-2-3-5-8(7)12/h2-5,9,14H,6H2,1H3/t9-,11?/m0/s1. The minimum absolute atomic E-state index is 0.0116. The Morgan fingerprint density at radius 3 is 2.94 bits per heavy atom. The van der Waals surface area contributed by atoms with Crippen molar-refractivity contribution >= 4 is 21.9 Å². The predicted molar refractivity (Wildman–Crippen MR) is 60.6 cm³/mol. The highest BCUT2D eigenvalue weighted by Crippen LogP contribution is 2.39. The number of rotatable bonds is 2. The minimum atomic E-state index is -2.03. The van der Waals surface area contributed by atoms with Crippen LogP contribution in [0.25, 0.3) is 0 Å². The maximum atomic E-state index is 11.3. The van der Waals surface area contributed by atoms with Gasteiger partial charge in [-0.25, -0.2) is 9.68 Å². The van der Waals surface area contributed by atoms with Crippen LogP contribution in [0.2, 0.25) is 0 Å². The fourth-order valence-electron chi connectivity index (χ4n) is 1.63. The van der Waals surface area contributed by atoms with E-state index >= 15 is 0 Å². The number of hydrogen-bond acceptors (Lipinski definition) is 5. The van der Waals surface area contributed by atoms with Gasteiger partial charge in [0.2, 0.25) is 0 Å². The first-order valence-corrected chi connectivity index (χ1v) is 5.76. The summed E-state index contributed by atoms with van der Waals surface area (Å²) < 4.78 is 5.27. The Kier molecular flexibility index (Phi) is 3.48. The summed E-state index contributed by atoms with van der Waals surface area (Å²) in [6, 6.07) is 7.35. The SMILES string of the molecule is COC(=O)C1(O)C[C@@H](c2ccccc2Br)OO1. The van der Waals surface area contributed by atoms with Crippen molar-refractivity contribution in [1.82, 2.24) is 0 Å². The van der Waals surface area contributed by atoms with Gasteiger partial charge in [0.25, 0.3) is 0 Å². The minimum Gasteiger partial charge on any atom is -0.465 e. The van der Waals surface area contributed by atoms with E-state index in [0.717, 1.165) is 10.0 Å². The molecule has 1 aromatic carbocycles. The summed E-state index contributed by atoms with van der Waals surface area (Å²) in [5.41, 5.74) is 0.798. The zero-order chi connectivity index (χ0) is 12.5. The molecule has 2 atom stereocenters. The molecule has 0 amide bonds. The summed E-state index contributed by atoms with van der Waals surface area (Å²) in [5.74, 6) is -2.90. The van der Waals surface area contributed by atoms with E-state index in [4.69, 9.17) is 4.89 Å². The molecule has 0 aliphatic carbocycles. The van der Waals surface area contributed by atoms with Crippen LogP contribution in [0.15, 0.2) is 28.7 Å². The summed E-state index contributed by atoms with van der Waals surface area (Å²) in [7, 11) is 1.18. The van der Waals surface area contributed by atoms with Crippen molar-refractivity contribution in [2.24, 2.45) is 0 Å². The number of carbonyl (C=O) groups excluding carboxylic acids is 1. The van der Waals surface area contributed by atoms with E-state index in [2.05, 4.69) is 25.6 Å². The fourth-order valence-corrected chi connectivity index (χ4v) is 2.17. The third kappa shape index (κ3) is 2.35. The first-order valence-electron chi connectivity index (χ1n) is 4.96. The lowest BCUT2D eigenvalue weighted by atomic mass is 10.0. The first kappa shape index (κ1) is 12.5. The summed E-state index contributed by atoms with van der Waals surface area (Å²) in [5, 5.41) is 9.85. The molecule has 1 unspecified atom stereocenters. The second-order valence-corrected chi connectivity index (χ2v) is 4.52. The smallest absolute Gasteiger partial charge is 0.369 e. The van der Waals surface area contributed by atoms with Crippen LogP contribution < -0.4 is 0 Å². The molecule has 1 heterocycles. The van der Waals surface area contributed by atoms with Crippen molar-refractivity contribution in [2.45, 2.75) is 18.3 Å². The van der Waals surface area contributed by atoms with Gasteiger partial charge in [0, 0.05) is 10.9 Å². The van der Waals surface area contributed by atoms with Gasteiger partial charge in [-0.05, 0) is 11.6 Å². The highest BCUT2D eigenvalue weighted by Gasteiger charge is 2.49.